The van der Waals surface area contributed by atoms with Gasteiger partial charge in [0, 0.05) is 16.3 Å². The molecule has 12 rings (SSSR count). The Bertz CT molecular complexity index is 3690. The number of hydrogen-bond donors (Lipinski definition) is 0. The van der Waals surface area contributed by atoms with Gasteiger partial charge in [0.05, 0.1) is 33.1 Å². The van der Waals surface area contributed by atoms with Crippen LogP contribution < -0.4 is 20.7 Å². The van der Waals surface area contributed by atoms with Gasteiger partial charge in [-0.3, -0.25) is 8.97 Å². The molecule has 8 aromatic carbocycles. The van der Waals surface area contributed by atoms with Gasteiger partial charge >= 0.3 is 0 Å². The van der Waals surface area contributed by atoms with Crippen LogP contribution in [-0.4, -0.2) is 41.5 Å². The normalized spacial score (nSPS) is 12.6. The van der Waals surface area contributed by atoms with Gasteiger partial charge in [-0.2, -0.15) is 15.0 Å². The fraction of sp³-hybridized carbons (Fsp3) is 0.133. The molecule has 0 aliphatic rings. The van der Waals surface area contributed by atoms with Crippen LogP contribution in [0, 0.1) is 0 Å². The molecule has 4 heterocycles. The summed E-state index contributed by atoms with van der Waals surface area (Å²) in [5.74, 6) is 2.34. The molecular formula is C60H51N7Si. The Balaban J connectivity index is 1.14. The molecule has 4 aromatic heterocycles. The van der Waals surface area contributed by atoms with Crippen molar-refractivity contribution in [2.24, 2.45) is 0 Å². The number of rotatable bonds is 7. The van der Waals surface area contributed by atoms with Crippen LogP contribution in [0.1, 0.15) is 52.7 Å². The third kappa shape index (κ3) is 6.54. The highest BCUT2D eigenvalue weighted by molar-refractivity contribution is 7.19. The van der Waals surface area contributed by atoms with Crippen LogP contribution in [0.15, 0.2) is 200 Å². The number of benzene rings is 8. The SMILES string of the molecule is CC(C)(C)c1ccc2c(c1)c1cc(C(C)(C)C)ccc1n2-c1nc(-c2ccc([Si](c3ccccc3)(c3ccccc3)c3ccccc3)cc2)nc(-n2c3ccccc3n3c4ccccc4nc23)n1. The first-order valence-corrected chi connectivity index (χ1v) is 25.5. The van der Waals surface area contributed by atoms with Gasteiger partial charge in [-0.25, -0.2) is 9.55 Å². The second kappa shape index (κ2) is 15.6. The zero-order valence-electron chi connectivity index (χ0n) is 39.2. The molecule has 0 amide bonds. The van der Waals surface area contributed by atoms with E-state index in [9.17, 15) is 0 Å². The Morgan fingerprint density at radius 2 is 0.809 bits per heavy atom. The molecule has 0 fully saturated rings. The lowest BCUT2D eigenvalue weighted by molar-refractivity contribution is 0.590. The predicted molar refractivity (Wildman–Crippen MR) is 284 cm³/mol. The predicted octanol–water partition coefficient (Wildman–Crippen LogP) is 11.4. The topological polar surface area (TPSA) is 65.8 Å². The number of hydrogen-bond acceptors (Lipinski definition) is 4. The number of imidazole rings is 2. The molecule has 0 aliphatic heterocycles. The van der Waals surface area contributed by atoms with Crippen molar-refractivity contribution in [2.75, 3.05) is 0 Å². The molecule has 330 valence electrons. The lowest BCUT2D eigenvalue weighted by Crippen LogP contribution is -2.74. The van der Waals surface area contributed by atoms with E-state index in [2.05, 4.69) is 249 Å². The summed E-state index contributed by atoms with van der Waals surface area (Å²) in [5.41, 5.74) is 9.34. The van der Waals surface area contributed by atoms with Gasteiger partial charge in [0.25, 0.3) is 0 Å². The van der Waals surface area contributed by atoms with E-state index in [0.29, 0.717) is 17.7 Å². The van der Waals surface area contributed by atoms with Crippen molar-refractivity contribution in [3.63, 3.8) is 0 Å². The van der Waals surface area contributed by atoms with E-state index >= 15 is 0 Å². The minimum Gasteiger partial charge on any atom is -0.278 e. The highest BCUT2D eigenvalue weighted by Gasteiger charge is 2.41. The molecule has 68 heavy (non-hydrogen) atoms. The molecule has 12 aromatic rings. The molecule has 7 nitrogen and oxygen atoms in total. The molecule has 0 bridgehead atoms. The van der Waals surface area contributed by atoms with Gasteiger partial charge in [0.15, 0.2) is 13.9 Å². The first kappa shape index (κ1) is 41.5. The average Bonchev–Trinajstić information content (AvgIpc) is 4.01. The average molecular weight is 898 g/mol. The van der Waals surface area contributed by atoms with Crippen molar-refractivity contribution in [1.29, 1.82) is 0 Å². The maximum Gasteiger partial charge on any atom is 0.242 e. The molecule has 0 atom stereocenters. The maximum atomic E-state index is 5.49. The summed E-state index contributed by atoms with van der Waals surface area (Å²) in [5, 5.41) is 7.57. The summed E-state index contributed by atoms with van der Waals surface area (Å²) in [6, 6.07) is 72.6. The quantitative estimate of drug-likeness (QED) is 0.118. The van der Waals surface area contributed by atoms with E-state index in [0.717, 1.165) is 44.4 Å². The van der Waals surface area contributed by atoms with Gasteiger partial charge in [-0.15, -0.1) is 0 Å². The van der Waals surface area contributed by atoms with Crippen molar-refractivity contribution < 1.29 is 0 Å². The fourth-order valence-corrected chi connectivity index (χ4v) is 15.1. The first-order valence-electron chi connectivity index (χ1n) is 23.5. The third-order valence-electron chi connectivity index (χ3n) is 13.8. The monoisotopic (exact) mass is 897 g/mol. The summed E-state index contributed by atoms with van der Waals surface area (Å²) in [4.78, 5) is 21.6. The van der Waals surface area contributed by atoms with Gasteiger partial charge < -0.3 is 0 Å². The van der Waals surface area contributed by atoms with Gasteiger partial charge in [-0.1, -0.05) is 193 Å². The van der Waals surface area contributed by atoms with Gasteiger partial charge in [-0.05, 0) is 91.2 Å². The third-order valence-corrected chi connectivity index (χ3v) is 18.6. The molecule has 0 radical (unpaired) electrons. The Kier molecular flexibility index (Phi) is 9.50. The summed E-state index contributed by atoms with van der Waals surface area (Å²) < 4.78 is 6.54. The molecule has 8 heteroatoms. The second-order valence-corrected chi connectivity index (χ2v) is 23.9. The largest absolute Gasteiger partial charge is 0.278 e. The lowest BCUT2D eigenvalue weighted by atomic mass is 9.85. The molecule has 0 spiro atoms. The Hall–Kier alpha value is -7.94. The minimum atomic E-state index is -2.78. The van der Waals surface area contributed by atoms with E-state index in [4.69, 9.17) is 19.9 Å². The second-order valence-electron chi connectivity index (χ2n) is 20.0. The Labute approximate surface area is 397 Å². The standard InChI is InChI=1S/C60H51N7Si/c1-59(2,3)41-32-36-50-47(38-41)48-39-42(60(4,5)6)33-37-51(48)65(50)56-62-55(63-57(64-56)67-54-29-19-18-28-53(54)66-52-27-17-16-26-49(52)61-58(66)67)40-30-34-46(35-31-40)68(43-20-10-7-11-21-43,44-22-12-8-13-23-44)45-24-14-9-15-25-45/h7-39H,1-6H3. The van der Waals surface area contributed by atoms with Crippen LogP contribution in [-0.2, 0) is 10.8 Å². The molecule has 0 saturated carbocycles. The van der Waals surface area contributed by atoms with E-state index < -0.39 is 8.07 Å². The Morgan fingerprint density at radius 3 is 1.32 bits per heavy atom. The van der Waals surface area contributed by atoms with Gasteiger partial charge in [0.2, 0.25) is 17.7 Å². The zero-order valence-corrected chi connectivity index (χ0v) is 40.2. The molecule has 0 aliphatic carbocycles. The van der Waals surface area contributed by atoms with Crippen LogP contribution in [0.3, 0.4) is 0 Å². The van der Waals surface area contributed by atoms with Crippen molar-refractivity contribution in [2.45, 2.75) is 52.4 Å². The Morgan fingerprint density at radius 1 is 0.368 bits per heavy atom. The number of nitrogens with zero attached hydrogens (tertiary/aromatic N) is 7. The highest BCUT2D eigenvalue weighted by Crippen LogP contribution is 2.38. The van der Waals surface area contributed by atoms with E-state index in [1.165, 1.54) is 42.6 Å². The van der Waals surface area contributed by atoms with Crippen LogP contribution in [0.2, 0.25) is 0 Å². The molecular weight excluding hydrogens is 847 g/mol. The van der Waals surface area contributed by atoms with Crippen molar-refractivity contribution in [3.8, 4) is 23.3 Å². The summed E-state index contributed by atoms with van der Waals surface area (Å²) in [6.07, 6.45) is 0. The molecule has 0 unspecified atom stereocenters. The number of para-hydroxylation sites is 4. The van der Waals surface area contributed by atoms with E-state index in [1.54, 1.807) is 0 Å². The molecule has 0 saturated heterocycles. The van der Waals surface area contributed by atoms with Crippen LogP contribution in [0.5, 0.6) is 0 Å². The smallest absolute Gasteiger partial charge is 0.242 e. The van der Waals surface area contributed by atoms with Crippen molar-refractivity contribution in [3.05, 3.63) is 211 Å². The van der Waals surface area contributed by atoms with E-state index in [1.807, 2.05) is 6.07 Å². The lowest BCUT2D eigenvalue weighted by Gasteiger charge is -2.34. The molecule has 0 N–H and O–H groups in total. The van der Waals surface area contributed by atoms with E-state index in [-0.39, 0.29) is 10.8 Å². The van der Waals surface area contributed by atoms with Gasteiger partial charge in [0.1, 0.15) is 0 Å². The number of aromatic nitrogens is 7. The summed E-state index contributed by atoms with van der Waals surface area (Å²) >= 11 is 0. The zero-order chi connectivity index (χ0) is 46.4. The summed E-state index contributed by atoms with van der Waals surface area (Å²) in [6.45, 7) is 13.6. The van der Waals surface area contributed by atoms with Crippen molar-refractivity contribution in [1.82, 2.24) is 33.5 Å². The number of fused-ring (bicyclic) bond motifs is 8. The van der Waals surface area contributed by atoms with Crippen LogP contribution in [0.4, 0.5) is 0 Å². The first-order chi connectivity index (χ1) is 33.0. The minimum absolute atomic E-state index is 0.0412. The van der Waals surface area contributed by atoms with Crippen molar-refractivity contribution >= 4 is 78.5 Å². The highest BCUT2D eigenvalue weighted by atomic mass is 28.3. The maximum absolute atomic E-state index is 5.49. The van der Waals surface area contributed by atoms with Crippen LogP contribution in [0.25, 0.3) is 72.9 Å². The fourth-order valence-electron chi connectivity index (χ4n) is 10.3. The summed E-state index contributed by atoms with van der Waals surface area (Å²) in [7, 11) is -2.78. The van der Waals surface area contributed by atoms with Crippen LogP contribution >= 0.6 is 0 Å².